The summed E-state index contributed by atoms with van der Waals surface area (Å²) in [5.74, 6) is 0.431. The highest BCUT2D eigenvalue weighted by atomic mass is 35.5. The van der Waals surface area contributed by atoms with Crippen molar-refractivity contribution < 1.29 is 4.39 Å². The molecule has 0 saturated heterocycles. The fourth-order valence-corrected chi connectivity index (χ4v) is 1.90. The molecular formula is C13H16ClF. The Hall–Kier alpha value is -0.820. The lowest BCUT2D eigenvalue weighted by Crippen LogP contribution is -1.93. The Balaban J connectivity index is 3.14. The third-order valence-electron chi connectivity index (χ3n) is 2.39. The van der Waals surface area contributed by atoms with Gasteiger partial charge in [0, 0.05) is 11.4 Å². The molecule has 0 aromatic heterocycles. The van der Waals surface area contributed by atoms with E-state index in [1.807, 2.05) is 32.9 Å². The van der Waals surface area contributed by atoms with Crippen molar-refractivity contribution in [3.8, 4) is 0 Å². The number of hydrogen-bond donors (Lipinski definition) is 0. The summed E-state index contributed by atoms with van der Waals surface area (Å²) in [6.45, 7) is 5.76. The van der Waals surface area contributed by atoms with E-state index in [4.69, 9.17) is 11.6 Å². The second-order valence-corrected chi connectivity index (χ2v) is 4.18. The van der Waals surface area contributed by atoms with E-state index in [9.17, 15) is 4.39 Å². The Kier molecular flexibility index (Phi) is 4.34. The van der Waals surface area contributed by atoms with Gasteiger partial charge < -0.3 is 0 Å². The Morgan fingerprint density at radius 1 is 1.40 bits per heavy atom. The molecule has 1 aromatic carbocycles. The van der Waals surface area contributed by atoms with Crippen molar-refractivity contribution in [2.45, 2.75) is 27.2 Å². The van der Waals surface area contributed by atoms with Gasteiger partial charge in [0.15, 0.2) is 0 Å². The van der Waals surface area contributed by atoms with Crippen molar-refractivity contribution in [3.63, 3.8) is 0 Å². The van der Waals surface area contributed by atoms with Crippen LogP contribution in [0.3, 0.4) is 0 Å². The third kappa shape index (κ3) is 3.07. The van der Waals surface area contributed by atoms with Gasteiger partial charge in [0.05, 0.1) is 0 Å². The van der Waals surface area contributed by atoms with Gasteiger partial charge in [0.25, 0.3) is 0 Å². The smallest absolute Gasteiger partial charge is 0.131 e. The van der Waals surface area contributed by atoms with E-state index < -0.39 is 0 Å². The van der Waals surface area contributed by atoms with Crippen molar-refractivity contribution in [3.05, 3.63) is 40.7 Å². The summed E-state index contributed by atoms with van der Waals surface area (Å²) in [7, 11) is 0. The highest BCUT2D eigenvalue weighted by molar-refractivity contribution is 6.17. The molecule has 0 nitrogen and oxygen atoms in total. The summed E-state index contributed by atoms with van der Waals surface area (Å²) < 4.78 is 13.7. The van der Waals surface area contributed by atoms with Crippen molar-refractivity contribution in [1.82, 2.24) is 0 Å². The SMILES string of the molecule is CC(=CCCCl)c1c(C)cc(C)cc1F. The molecular weight excluding hydrogens is 211 g/mol. The Morgan fingerprint density at radius 3 is 2.60 bits per heavy atom. The van der Waals surface area contributed by atoms with Crippen molar-refractivity contribution in [2.24, 2.45) is 0 Å². The molecule has 15 heavy (non-hydrogen) atoms. The summed E-state index contributed by atoms with van der Waals surface area (Å²) in [6.07, 6.45) is 2.76. The van der Waals surface area contributed by atoms with E-state index in [1.54, 1.807) is 6.07 Å². The van der Waals surface area contributed by atoms with Gasteiger partial charge in [0.1, 0.15) is 5.82 Å². The fraction of sp³-hybridized carbons (Fsp3) is 0.385. The van der Waals surface area contributed by atoms with E-state index in [1.165, 1.54) is 0 Å². The maximum absolute atomic E-state index is 13.7. The van der Waals surface area contributed by atoms with E-state index in [0.717, 1.165) is 23.1 Å². The number of aryl methyl sites for hydroxylation is 2. The fourth-order valence-electron chi connectivity index (χ4n) is 1.79. The van der Waals surface area contributed by atoms with Gasteiger partial charge in [-0.25, -0.2) is 4.39 Å². The molecule has 0 unspecified atom stereocenters. The molecule has 0 bridgehead atoms. The molecule has 0 N–H and O–H groups in total. The highest BCUT2D eigenvalue weighted by Crippen LogP contribution is 2.23. The Morgan fingerprint density at radius 2 is 2.07 bits per heavy atom. The number of allylic oxidation sites excluding steroid dienone is 2. The topological polar surface area (TPSA) is 0 Å². The van der Waals surface area contributed by atoms with E-state index in [0.29, 0.717) is 11.4 Å². The summed E-state index contributed by atoms with van der Waals surface area (Å²) in [5, 5.41) is 0. The maximum atomic E-state index is 13.7. The number of halogens is 2. The summed E-state index contributed by atoms with van der Waals surface area (Å²) in [5.41, 5.74) is 3.62. The minimum absolute atomic E-state index is 0.143. The first-order valence-corrected chi connectivity index (χ1v) is 5.59. The minimum Gasteiger partial charge on any atom is -0.206 e. The molecule has 0 fully saturated rings. The molecule has 0 heterocycles. The predicted molar refractivity (Wildman–Crippen MR) is 64.9 cm³/mol. The van der Waals surface area contributed by atoms with E-state index in [2.05, 4.69) is 0 Å². The molecule has 0 aliphatic carbocycles. The van der Waals surface area contributed by atoms with Crippen LogP contribution < -0.4 is 0 Å². The van der Waals surface area contributed by atoms with Gasteiger partial charge >= 0.3 is 0 Å². The van der Waals surface area contributed by atoms with E-state index >= 15 is 0 Å². The summed E-state index contributed by atoms with van der Waals surface area (Å²) in [6, 6.07) is 3.57. The lowest BCUT2D eigenvalue weighted by atomic mass is 9.98. The zero-order chi connectivity index (χ0) is 11.4. The normalized spacial score (nSPS) is 11.9. The molecule has 1 rings (SSSR count). The average Bonchev–Trinajstić information content (AvgIpc) is 2.12. The van der Waals surface area contributed by atoms with Crippen LogP contribution in [0.4, 0.5) is 4.39 Å². The van der Waals surface area contributed by atoms with Crippen molar-refractivity contribution in [2.75, 3.05) is 5.88 Å². The maximum Gasteiger partial charge on any atom is 0.131 e. The average molecular weight is 227 g/mol. The van der Waals surface area contributed by atoms with Gasteiger partial charge in [-0.2, -0.15) is 0 Å². The second-order valence-electron chi connectivity index (χ2n) is 3.80. The summed E-state index contributed by atoms with van der Waals surface area (Å²) >= 11 is 5.60. The van der Waals surface area contributed by atoms with Crippen LogP contribution in [0.5, 0.6) is 0 Å². The molecule has 0 spiro atoms. The van der Waals surface area contributed by atoms with Crippen LogP contribution in [0.15, 0.2) is 18.2 Å². The monoisotopic (exact) mass is 226 g/mol. The van der Waals surface area contributed by atoms with Crippen LogP contribution in [0, 0.1) is 19.7 Å². The Labute approximate surface area is 95.8 Å². The minimum atomic E-state index is -0.143. The number of benzene rings is 1. The number of rotatable bonds is 3. The zero-order valence-electron chi connectivity index (χ0n) is 9.40. The predicted octanol–water partition coefficient (Wildman–Crippen LogP) is 4.47. The molecule has 0 radical (unpaired) electrons. The lowest BCUT2D eigenvalue weighted by molar-refractivity contribution is 0.621. The first-order chi connectivity index (χ1) is 7.06. The number of alkyl halides is 1. The van der Waals surface area contributed by atoms with Crippen LogP contribution >= 0.6 is 11.6 Å². The van der Waals surface area contributed by atoms with E-state index in [-0.39, 0.29) is 5.82 Å². The van der Waals surface area contributed by atoms with Crippen LogP contribution in [0.2, 0.25) is 0 Å². The van der Waals surface area contributed by atoms with Crippen molar-refractivity contribution in [1.29, 1.82) is 0 Å². The van der Waals surface area contributed by atoms with Crippen LogP contribution in [-0.2, 0) is 0 Å². The third-order valence-corrected chi connectivity index (χ3v) is 2.60. The first-order valence-electron chi connectivity index (χ1n) is 5.06. The van der Waals surface area contributed by atoms with Crippen LogP contribution in [-0.4, -0.2) is 5.88 Å². The number of hydrogen-bond acceptors (Lipinski definition) is 0. The highest BCUT2D eigenvalue weighted by Gasteiger charge is 2.07. The van der Waals surface area contributed by atoms with Gasteiger partial charge in [-0.3, -0.25) is 0 Å². The molecule has 1 aromatic rings. The standard InChI is InChI=1S/C13H16ClF/c1-9-7-11(3)13(12(15)8-9)10(2)5-4-6-14/h5,7-8H,4,6H2,1-3H3. The van der Waals surface area contributed by atoms with Crippen molar-refractivity contribution >= 4 is 17.2 Å². The molecule has 82 valence electrons. The quantitative estimate of drug-likeness (QED) is 0.667. The molecule has 2 heteroatoms. The van der Waals surface area contributed by atoms with Gasteiger partial charge in [0.2, 0.25) is 0 Å². The molecule has 0 aliphatic heterocycles. The molecule has 0 saturated carbocycles. The van der Waals surface area contributed by atoms with Crippen LogP contribution in [0.1, 0.15) is 30.0 Å². The molecule has 0 atom stereocenters. The van der Waals surface area contributed by atoms with Gasteiger partial charge in [-0.05, 0) is 50.0 Å². The van der Waals surface area contributed by atoms with Crippen LogP contribution in [0.25, 0.3) is 5.57 Å². The largest absolute Gasteiger partial charge is 0.206 e. The second kappa shape index (κ2) is 5.32. The van der Waals surface area contributed by atoms with Gasteiger partial charge in [-0.15, -0.1) is 11.6 Å². The van der Waals surface area contributed by atoms with Gasteiger partial charge in [-0.1, -0.05) is 12.1 Å². The summed E-state index contributed by atoms with van der Waals surface area (Å²) in [4.78, 5) is 0. The zero-order valence-corrected chi connectivity index (χ0v) is 10.2. The lowest BCUT2D eigenvalue weighted by Gasteiger charge is -2.09. The first kappa shape index (κ1) is 12.3. The Bertz CT molecular complexity index is 357. The molecule has 0 aliphatic rings. The molecule has 0 amide bonds.